The Labute approximate surface area is 108 Å². The van der Waals surface area contributed by atoms with Gasteiger partial charge >= 0.3 is 0 Å². The van der Waals surface area contributed by atoms with Crippen LogP contribution in [0.5, 0.6) is 0 Å². The molecule has 0 bridgehead atoms. The lowest BCUT2D eigenvalue weighted by molar-refractivity contribution is -0.121. The SMILES string of the molecule is CCCCCC(=O)NC(C)c1ccc(Cl)cc1. The van der Waals surface area contributed by atoms with Crippen LogP contribution in [0.25, 0.3) is 0 Å². The topological polar surface area (TPSA) is 29.1 Å². The van der Waals surface area contributed by atoms with Gasteiger partial charge in [0.2, 0.25) is 5.91 Å². The minimum atomic E-state index is 0.0430. The summed E-state index contributed by atoms with van der Waals surface area (Å²) >= 11 is 5.82. The second-order valence-corrected chi connectivity index (χ2v) is 4.73. The maximum atomic E-state index is 11.6. The highest BCUT2D eigenvalue weighted by atomic mass is 35.5. The van der Waals surface area contributed by atoms with Crippen molar-refractivity contribution in [3.05, 3.63) is 34.9 Å². The number of halogens is 1. The molecule has 2 nitrogen and oxygen atoms in total. The van der Waals surface area contributed by atoms with E-state index in [0.717, 1.165) is 29.8 Å². The zero-order valence-electron chi connectivity index (χ0n) is 10.5. The number of rotatable bonds is 6. The van der Waals surface area contributed by atoms with Crippen molar-refractivity contribution in [1.29, 1.82) is 0 Å². The van der Waals surface area contributed by atoms with Crippen molar-refractivity contribution in [1.82, 2.24) is 5.32 Å². The average Bonchev–Trinajstić information content (AvgIpc) is 2.30. The summed E-state index contributed by atoms with van der Waals surface area (Å²) in [6.45, 7) is 4.12. The van der Waals surface area contributed by atoms with Crippen LogP contribution >= 0.6 is 11.6 Å². The molecule has 1 atom stereocenters. The maximum Gasteiger partial charge on any atom is 0.220 e. The van der Waals surface area contributed by atoms with Crippen molar-refractivity contribution < 1.29 is 4.79 Å². The number of unbranched alkanes of at least 4 members (excludes halogenated alkanes) is 2. The van der Waals surface area contributed by atoms with Crippen LogP contribution in [0.15, 0.2) is 24.3 Å². The number of hydrogen-bond donors (Lipinski definition) is 1. The van der Waals surface area contributed by atoms with Crippen molar-refractivity contribution in [2.24, 2.45) is 0 Å². The van der Waals surface area contributed by atoms with Crippen molar-refractivity contribution in [3.63, 3.8) is 0 Å². The molecule has 0 fully saturated rings. The lowest BCUT2D eigenvalue weighted by Gasteiger charge is -2.14. The molecule has 0 saturated heterocycles. The Balaban J connectivity index is 2.40. The van der Waals surface area contributed by atoms with Gasteiger partial charge in [0.1, 0.15) is 0 Å². The van der Waals surface area contributed by atoms with Gasteiger partial charge in [-0.05, 0) is 31.0 Å². The van der Waals surface area contributed by atoms with Crippen LogP contribution in [0, 0.1) is 0 Å². The first-order valence-electron chi connectivity index (χ1n) is 6.18. The standard InChI is InChI=1S/C14H20ClNO/c1-3-4-5-6-14(17)16-11(2)12-7-9-13(15)10-8-12/h7-11H,3-6H2,1-2H3,(H,16,17). The highest BCUT2D eigenvalue weighted by molar-refractivity contribution is 6.30. The smallest absolute Gasteiger partial charge is 0.220 e. The third kappa shape index (κ3) is 5.22. The van der Waals surface area contributed by atoms with Gasteiger partial charge in [-0.25, -0.2) is 0 Å². The second-order valence-electron chi connectivity index (χ2n) is 4.30. The summed E-state index contributed by atoms with van der Waals surface area (Å²) in [5.74, 6) is 0.126. The molecule has 1 amide bonds. The zero-order valence-corrected chi connectivity index (χ0v) is 11.3. The molecule has 0 heterocycles. The van der Waals surface area contributed by atoms with E-state index < -0.39 is 0 Å². The molecule has 0 radical (unpaired) electrons. The van der Waals surface area contributed by atoms with Crippen molar-refractivity contribution in [2.45, 2.75) is 45.6 Å². The molecule has 1 unspecified atom stereocenters. The van der Waals surface area contributed by atoms with Crippen molar-refractivity contribution in [3.8, 4) is 0 Å². The largest absolute Gasteiger partial charge is 0.350 e. The number of benzene rings is 1. The third-order valence-corrected chi connectivity index (χ3v) is 3.01. The Kier molecular flexibility index (Phi) is 6.06. The third-order valence-electron chi connectivity index (χ3n) is 2.75. The summed E-state index contributed by atoms with van der Waals surface area (Å²) in [5, 5.41) is 3.71. The molecule has 3 heteroatoms. The fraction of sp³-hybridized carbons (Fsp3) is 0.500. The molecule has 0 saturated carbocycles. The van der Waals surface area contributed by atoms with E-state index in [0.29, 0.717) is 6.42 Å². The fourth-order valence-corrected chi connectivity index (χ4v) is 1.81. The van der Waals surface area contributed by atoms with E-state index in [9.17, 15) is 4.79 Å². The van der Waals surface area contributed by atoms with E-state index in [1.807, 2.05) is 31.2 Å². The summed E-state index contributed by atoms with van der Waals surface area (Å²) in [5.41, 5.74) is 1.08. The fourth-order valence-electron chi connectivity index (χ4n) is 1.68. The van der Waals surface area contributed by atoms with Gasteiger partial charge in [0, 0.05) is 11.4 Å². The van der Waals surface area contributed by atoms with Gasteiger partial charge < -0.3 is 5.32 Å². The van der Waals surface area contributed by atoms with E-state index >= 15 is 0 Å². The van der Waals surface area contributed by atoms with E-state index in [1.165, 1.54) is 0 Å². The average molecular weight is 254 g/mol. The molecule has 1 aromatic carbocycles. The van der Waals surface area contributed by atoms with Gasteiger partial charge in [0.05, 0.1) is 6.04 Å². The van der Waals surface area contributed by atoms with Crippen LogP contribution in [0.2, 0.25) is 5.02 Å². The molecule has 0 spiro atoms. The van der Waals surface area contributed by atoms with E-state index in [-0.39, 0.29) is 11.9 Å². The second kappa shape index (κ2) is 7.33. The summed E-state index contributed by atoms with van der Waals surface area (Å²) in [7, 11) is 0. The Hall–Kier alpha value is -1.02. The first-order chi connectivity index (χ1) is 8.13. The molecule has 1 rings (SSSR count). The number of amides is 1. The highest BCUT2D eigenvalue weighted by Gasteiger charge is 2.08. The summed E-state index contributed by atoms with van der Waals surface area (Å²) in [6.07, 6.45) is 3.84. The Bertz CT molecular complexity index is 348. The molecule has 0 aliphatic carbocycles. The number of carbonyl (C=O) groups is 1. The summed E-state index contributed by atoms with van der Waals surface area (Å²) in [6, 6.07) is 7.62. The van der Waals surface area contributed by atoms with E-state index in [2.05, 4.69) is 12.2 Å². The van der Waals surface area contributed by atoms with Crippen LogP contribution in [0.3, 0.4) is 0 Å². The Morgan fingerprint density at radius 2 is 1.94 bits per heavy atom. The normalized spacial score (nSPS) is 12.2. The lowest BCUT2D eigenvalue weighted by atomic mass is 10.1. The quantitative estimate of drug-likeness (QED) is 0.760. The van der Waals surface area contributed by atoms with Crippen LogP contribution in [0.1, 0.15) is 51.1 Å². The predicted molar refractivity (Wildman–Crippen MR) is 72.2 cm³/mol. The molecule has 1 aromatic rings. The molecule has 17 heavy (non-hydrogen) atoms. The van der Waals surface area contributed by atoms with Crippen molar-refractivity contribution in [2.75, 3.05) is 0 Å². The predicted octanol–water partition coefficient (Wildman–Crippen LogP) is 4.10. The monoisotopic (exact) mass is 253 g/mol. The molecule has 0 aliphatic rings. The van der Waals surface area contributed by atoms with Crippen LogP contribution in [0.4, 0.5) is 0 Å². The number of nitrogens with one attached hydrogen (secondary N) is 1. The molecule has 94 valence electrons. The molecule has 0 aliphatic heterocycles. The Morgan fingerprint density at radius 3 is 2.53 bits per heavy atom. The van der Waals surface area contributed by atoms with Gasteiger partial charge in [-0.3, -0.25) is 4.79 Å². The van der Waals surface area contributed by atoms with Gasteiger partial charge in [-0.1, -0.05) is 43.5 Å². The van der Waals surface area contributed by atoms with E-state index in [4.69, 9.17) is 11.6 Å². The van der Waals surface area contributed by atoms with Crippen LogP contribution < -0.4 is 5.32 Å². The highest BCUT2D eigenvalue weighted by Crippen LogP contribution is 2.16. The van der Waals surface area contributed by atoms with Gasteiger partial charge in [-0.15, -0.1) is 0 Å². The summed E-state index contributed by atoms with van der Waals surface area (Å²) in [4.78, 5) is 11.6. The Morgan fingerprint density at radius 1 is 1.29 bits per heavy atom. The molecule has 1 N–H and O–H groups in total. The molecular weight excluding hydrogens is 234 g/mol. The minimum absolute atomic E-state index is 0.0430. The summed E-state index contributed by atoms with van der Waals surface area (Å²) < 4.78 is 0. The first-order valence-corrected chi connectivity index (χ1v) is 6.56. The van der Waals surface area contributed by atoms with Crippen LogP contribution in [-0.4, -0.2) is 5.91 Å². The van der Waals surface area contributed by atoms with Gasteiger partial charge in [0.15, 0.2) is 0 Å². The van der Waals surface area contributed by atoms with Crippen molar-refractivity contribution >= 4 is 17.5 Å². The van der Waals surface area contributed by atoms with Gasteiger partial charge in [0.25, 0.3) is 0 Å². The van der Waals surface area contributed by atoms with Crippen LogP contribution in [-0.2, 0) is 4.79 Å². The zero-order chi connectivity index (χ0) is 12.7. The van der Waals surface area contributed by atoms with Gasteiger partial charge in [-0.2, -0.15) is 0 Å². The number of hydrogen-bond acceptors (Lipinski definition) is 1. The number of carbonyl (C=O) groups excluding carboxylic acids is 1. The molecule has 0 aromatic heterocycles. The lowest BCUT2D eigenvalue weighted by Crippen LogP contribution is -2.26. The first kappa shape index (κ1) is 14.0. The molecular formula is C14H20ClNO. The minimum Gasteiger partial charge on any atom is -0.350 e. The maximum absolute atomic E-state index is 11.6. The van der Waals surface area contributed by atoms with E-state index in [1.54, 1.807) is 0 Å².